The van der Waals surface area contributed by atoms with Gasteiger partial charge < -0.3 is 20.1 Å². The van der Waals surface area contributed by atoms with E-state index >= 15 is 0 Å². The van der Waals surface area contributed by atoms with Crippen molar-refractivity contribution < 1.29 is 19.1 Å². The van der Waals surface area contributed by atoms with E-state index in [1.165, 1.54) is 20.3 Å². The summed E-state index contributed by atoms with van der Waals surface area (Å²) in [6.07, 6.45) is 5.10. The van der Waals surface area contributed by atoms with Gasteiger partial charge in [0.15, 0.2) is 11.5 Å². The van der Waals surface area contributed by atoms with Gasteiger partial charge in [0.05, 0.1) is 19.2 Å². The first-order valence-corrected chi connectivity index (χ1v) is 9.19. The smallest absolute Gasteiger partial charge is 0.251 e. The third-order valence-corrected chi connectivity index (χ3v) is 4.49. The molecule has 1 aliphatic carbocycles. The molecular formula is C21H21ClN2O4. The number of anilines is 1. The third kappa shape index (κ3) is 5.04. The van der Waals surface area contributed by atoms with Crippen LogP contribution in [0.2, 0.25) is 5.02 Å². The van der Waals surface area contributed by atoms with Crippen LogP contribution in [0.15, 0.2) is 42.5 Å². The Kier molecular flexibility index (Phi) is 6.21. The Labute approximate surface area is 168 Å². The van der Waals surface area contributed by atoms with Crippen molar-refractivity contribution in [1.82, 2.24) is 5.32 Å². The molecule has 2 aromatic rings. The molecule has 0 heterocycles. The number of methoxy groups -OCH3 is 2. The molecule has 146 valence electrons. The SMILES string of the molecule is COc1cc(/C=C/C(=O)Nc2ccc(C(=O)NC3CC3)cc2)cc(Cl)c1OC. The van der Waals surface area contributed by atoms with Crippen molar-refractivity contribution in [2.45, 2.75) is 18.9 Å². The van der Waals surface area contributed by atoms with Gasteiger partial charge in [0.2, 0.25) is 5.91 Å². The van der Waals surface area contributed by atoms with Crippen molar-refractivity contribution >= 4 is 35.2 Å². The molecule has 0 radical (unpaired) electrons. The number of ether oxygens (including phenoxy) is 2. The second-order valence-corrected chi connectivity index (χ2v) is 6.79. The Morgan fingerprint density at radius 3 is 2.43 bits per heavy atom. The molecule has 2 N–H and O–H groups in total. The van der Waals surface area contributed by atoms with Crippen molar-refractivity contribution in [1.29, 1.82) is 0 Å². The molecule has 28 heavy (non-hydrogen) atoms. The molecule has 0 aromatic heterocycles. The average molecular weight is 401 g/mol. The molecule has 2 aromatic carbocycles. The molecule has 3 rings (SSSR count). The number of halogens is 1. The summed E-state index contributed by atoms with van der Waals surface area (Å²) >= 11 is 6.16. The second kappa shape index (κ2) is 8.80. The van der Waals surface area contributed by atoms with Crippen molar-refractivity contribution in [2.75, 3.05) is 19.5 Å². The number of hydrogen-bond donors (Lipinski definition) is 2. The Morgan fingerprint density at radius 2 is 1.82 bits per heavy atom. The lowest BCUT2D eigenvalue weighted by Crippen LogP contribution is -2.25. The zero-order valence-corrected chi connectivity index (χ0v) is 16.4. The second-order valence-electron chi connectivity index (χ2n) is 6.39. The standard InChI is InChI=1S/C21H21ClN2O4/c1-27-18-12-13(11-17(22)20(18)28-2)3-10-19(25)23-15-6-4-14(5-7-15)21(26)24-16-8-9-16/h3-7,10-12,16H,8-9H2,1-2H3,(H,23,25)(H,24,26)/b10-3+. The number of rotatable bonds is 7. The minimum Gasteiger partial charge on any atom is -0.493 e. The Hall–Kier alpha value is -2.99. The lowest BCUT2D eigenvalue weighted by molar-refractivity contribution is -0.111. The minimum absolute atomic E-state index is 0.0920. The van der Waals surface area contributed by atoms with Gasteiger partial charge in [-0.2, -0.15) is 0 Å². The maximum absolute atomic E-state index is 12.2. The van der Waals surface area contributed by atoms with Crippen molar-refractivity contribution in [3.05, 3.63) is 58.6 Å². The third-order valence-electron chi connectivity index (χ3n) is 4.21. The molecule has 1 saturated carbocycles. The number of carbonyl (C=O) groups excluding carboxylic acids is 2. The molecular weight excluding hydrogens is 380 g/mol. The Balaban J connectivity index is 1.62. The van der Waals surface area contributed by atoms with Crippen LogP contribution in [0.25, 0.3) is 6.08 Å². The summed E-state index contributed by atoms with van der Waals surface area (Å²) in [5.41, 5.74) is 1.87. The van der Waals surface area contributed by atoms with Crippen LogP contribution >= 0.6 is 11.6 Å². The summed E-state index contributed by atoms with van der Waals surface area (Å²) in [5.74, 6) is 0.526. The van der Waals surface area contributed by atoms with Crippen LogP contribution in [0, 0.1) is 0 Å². The molecule has 6 nitrogen and oxygen atoms in total. The summed E-state index contributed by atoms with van der Waals surface area (Å²) in [4.78, 5) is 24.1. The van der Waals surface area contributed by atoms with Crippen LogP contribution in [0.5, 0.6) is 11.5 Å². The van der Waals surface area contributed by atoms with Gasteiger partial charge >= 0.3 is 0 Å². The fourth-order valence-corrected chi connectivity index (χ4v) is 2.89. The molecule has 7 heteroatoms. The van der Waals surface area contributed by atoms with E-state index in [1.807, 2.05) is 0 Å². The van der Waals surface area contributed by atoms with Crippen LogP contribution in [0.4, 0.5) is 5.69 Å². The normalized spacial score (nSPS) is 13.2. The molecule has 1 fully saturated rings. The first-order chi connectivity index (χ1) is 13.5. The maximum atomic E-state index is 12.2. The highest BCUT2D eigenvalue weighted by Gasteiger charge is 2.23. The fourth-order valence-electron chi connectivity index (χ4n) is 2.59. The number of carbonyl (C=O) groups is 2. The lowest BCUT2D eigenvalue weighted by Gasteiger charge is -2.10. The monoisotopic (exact) mass is 400 g/mol. The molecule has 0 unspecified atom stereocenters. The van der Waals surface area contributed by atoms with Crippen LogP contribution in [-0.2, 0) is 4.79 Å². The van der Waals surface area contributed by atoms with E-state index in [2.05, 4.69) is 10.6 Å². The van der Waals surface area contributed by atoms with Crippen LogP contribution in [0.3, 0.4) is 0 Å². The predicted octanol–water partition coefficient (Wildman–Crippen LogP) is 3.90. The van der Waals surface area contributed by atoms with E-state index in [4.69, 9.17) is 21.1 Å². The van der Waals surface area contributed by atoms with E-state index in [1.54, 1.807) is 42.5 Å². The van der Waals surface area contributed by atoms with Gasteiger partial charge in [-0.25, -0.2) is 0 Å². The van der Waals surface area contributed by atoms with Gasteiger partial charge in [-0.15, -0.1) is 0 Å². The fraction of sp³-hybridized carbons (Fsp3) is 0.238. The quantitative estimate of drug-likeness (QED) is 0.691. The summed E-state index contributed by atoms with van der Waals surface area (Å²) in [7, 11) is 3.02. The summed E-state index contributed by atoms with van der Waals surface area (Å²) in [6, 6.07) is 10.5. The van der Waals surface area contributed by atoms with Crippen LogP contribution < -0.4 is 20.1 Å². The minimum atomic E-state index is -0.305. The van der Waals surface area contributed by atoms with E-state index in [0.717, 1.165) is 12.8 Å². The van der Waals surface area contributed by atoms with E-state index in [-0.39, 0.29) is 11.8 Å². The Morgan fingerprint density at radius 1 is 1.11 bits per heavy atom. The summed E-state index contributed by atoms with van der Waals surface area (Å²) in [5, 5.41) is 6.06. The van der Waals surface area contributed by atoms with Gasteiger partial charge in [-0.1, -0.05) is 11.6 Å². The van der Waals surface area contributed by atoms with Gasteiger partial charge in [0.1, 0.15) is 0 Å². The zero-order valence-electron chi connectivity index (χ0n) is 15.6. The first kappa shape index (κ1) is 19.8. The highest BCUT2D eigenvalue weighted by molar-refractivity contribution is 6.32. The molecule has 0 spiro atoms. The van der Waals surface area contributed by atoms with E-state index in [9.17, 15) is 9.59 Å². The zero-order chi connectivity index (χ0) is 20.1. The highest BCUT2D eigenvalue weighted by Crippen LogP contribution is 2.36. The van der Waals surface area contributed by atoms with Gasteiger partial charge in [0.25, 0.3) is 5.91 Å². The van der Waals surface area contributed by atoms with Crippen molar-refractivity contribution in [2.24, 2.45) is 0 Å². The largest absolute Gasteiger partial charge is 0.493 e. The summed E-state index contributed by atoms with van der Waals surface area (Å²) < 4.78 is 10.4. The number of hydrogen-bond acceptors (Lipinski definition) is 4. The highest BCUT2D eigenvalue weighted by atomic mass is 35.5. The molecule has 0 aliphatic heterocycles. The summed E-state index contributed by atoms with van der Waals surface area (Å²) in [6.45, 7) is 0. The molecule has 0 bridgehead atoms. The van der Waals surface area contributed by atoms with Gasteiger partial charge in [-0.3, -0.25) is 9.59 Å². The van der Waals surface area contributed by atoms with Crippen LogP contribution in [0.1, 0.15) is 28.8 Å². The Bertz CT molecular complexity index is 905. The van der Waals surface area contributed by atoms with Crippen molar-refractivity contribution in [3.63, 3.8) is 0 Å². The lowest BCUT2D eigenvalue weighted by atomic mass is 10.1. The average Bonchev–Trinajstić information content (AvgIpc) is 3.50. The first-order valence-electron chi connectivity index (χ1n) is 8.81. The number of benzene rings is 2. The molecule has 0 atom stereocenters. The van der Waals surface area contributed by atoms with Crippen LogP contribution in [-0.4, -0.2) is 32.1 Å². The topological polar surface area (TPSA) is 76.7 Å². The van der Waals surface area contributed by atoms with Crippen molar-refractivity contribution in [3.8, 4) is 11.5 Å². The molecule has 1 aliphatic rings. The van der Waals surface area contributed by atoms with E-state index in [0.29, 0.717) is 39.4 Å². The molecule has 2 amide bonds. The number of amides is 2. The van der Waals surface area contributed by atoms with Gasteiger partial charge in [-0.05, 0) is 60.9 Å². The van der Waals surface area contributed by atoms with Gasteiger partial charge in [0, 0.05) is 23.4 Å². The number of nitrogens with one attached hydrogen (secondary N) is 2. The predicted molar refractivity (Wildman–Crippen MR) is 109 cm³/mol. The molecule has 0 saturated heterocycles. The van der Waals surface area contributed by atoms with E-state index < -0.39 is 0 Å². The maximum Gasteiger partial charge on any atom is 0.251 e.